The van der Waals surface area contributed by atoms with E-state index in [1.165, 1.54) is 25.7 Å². The Morgan fingerprint density at radius 3 is 2.43 bits per heavy atom. The van der Waals surface area contributed by atoms with E-state index >= 15 is 0 Å². The van der Waals surface area contributed by atoms with E-state index in [9.17, 15) is 4.79 Å². The fraction of sp³-hybridized carbons (Fsp3) is 0.708. The number of fused-ring (bicyclic) bond motifs is 1. The monoisotopic (exact) mass is 410 g/mol. The standard InChI is InChI=1S/C24H34N4O2/c1-24(2,3)15-20-21-18(14-19(16-8-9-16)25-22(21)30-26-20)23(29)28-12-10-27(11-13-28)17-6-4-5-7-17/h14,16-17H,4-13,15H2,1-3H3. The average Bonchev–Trinajstić information content (AvgIpc) is 3.28. The lowest BCUT2D eigenvalue weighted by Crippen LogP contribution is -2.51. The molecule has 2 aromatic rings. The summed E-state index contributed by atoms with van der Waals surface area (Å²) in [5.41, 5.74) is 3.20. The third-order valence-electron chi connectivity index (χ3n) is 6.90. The molecule has 30 heavy (non-hydrogen) atoms. The fourth-order valence-electron chi connectivity index (χ4n) is 5.14. The van der Waals surface area contributed by atoms with Crippen LogP contribution in [0.2, 0.25) is 0 Å². The topological polar surface area (TPSA) is 62.5 Å². The number of rotatable bonds is 4. The normalized spacial score (nSPS) is 21.6. The highest BCUT2D eigenvalue weighted by atomic mass is 16.5. The van der Waals surface area contributed by atoms with Gasteiger partial charge in [-0.25, -0.2) is 4.98 Å². The van der Waals surface area contributed by atoms with Gasteiger partial charge in [-0.15, -0.1) is 0 Å². The number of amides is 1. The zero-order chi connectivity index (χ0) is 20.9. The van der Waals surface area contributed by atoms with E-state index < -0.39 is 0 Å². The number of carbonyl (C=O) groups excluding carboxylic acids is 1. The Kier molecular flexibility index (Phi) is 5.08. The first-order valence-electron chi connectivity index (χ1n) is 11.7. The van der Waals surface area contributed by atoms with Crippen molar-refractivity contribution in [3.8, 4) is 0 Å². The van der Waals surface area contributed by atoms with Crippen LogP contribution in [0.15, 0.2) is 10.6 Å². The molecule has 1 saturated heterocycles. The zero-order valence-electron chi connectivity index (χ0n) is 18.6. The predicted molar refractivity (Wildman–Crippen MR) is 117 cm³/mol. The third-order valence-corrected chi connectivity index (χ3v) is 6.90. The molecule has 0 N–H and O–H groups in total. The summed E-state index contributed by atoms with van der Waals surface area (Å²) < 4.78 is 5.64. The van der Waals surface area contributed by atoms with Crippen molar-refractivity contribution >= 4 is 17.0 Å². The van der Waals surface area contributed by atoms with E-state index in [-0.39, 0.29) is 11.3 Å². The summed E-state index contributed by atoms with van der Waals surface area (Å²) in [6.45, 7) is 10.1. The minimum Gasteiger partial charge on any atom is -0.336 e. The Labute approximate surface area is 179 Å². The van der Waals surface area contributed by atoms with Gasteiger partial charge in [0.2, 0.25) is 0 Å². The van der Waals surface area contributed by atoms with Crippen molar-refractivity contribution < 1.29 is 9.32 Å². The first kappa shape index (κ1) is 20.0. The maximum absolute atomic E-state index is 13.7. The maximum atomic E-state index is 13.7. The highest BCUT2D eigenvalue weighted by molar-refractivity contribution is 6.06. The van der Waals surface area contributed by atoms with E-state index in [0.29, 0.717) is 11.6 Å². The van der Waals surface area contributed by atoms with Crippen molar-refractivity contribution in [2.45, 2.75) is 77.7 Å². The fourth-order valence-corrected chi connectivity index (χ4v) is 5.14. The molecule has 162 valence electrons. The van der Waals surface area contributed by atoms with Crippen molar-refractivity contribution in [3.05, 3.63) is 23.0 Å². The highest BCUT2D eigenvalue weighted by Crippen LogP contribution is 2.41. The number of hydrogen-bond acceptors (Lipinski definition) is 5. The molecule has 1 amide bonds. The van der Waals surface area contributed by atoms with Gasteiger partial charge < -0.3 is 9.42 Å². The quantitative estimate of drug-likeness (QED) is 0.748. The SMILES string of the molecule is CC(C)(C)Cc1noc2nc(C3CC3)cc(C(=O)N3CCN(C4CCCC4)CC3)c12. The van der Waals surface area contributed by atoms with Crippen LogP contribution >= 0.6 is 0 Å². The molecule has 1 aliphatic heterocycles. The molecule has 0 aromatic carbocycles. The van der Waals surface area contributed by atoms with Crippen LogP contribution in [0.4, 0.5) is 0 Å². The minimum absolute atomic E-state index is 0.0617. The van der Waals surface area contributed by atoms with Gasteiger partial charge in [-0.2, -0.15) is 0 Å². The summed E-state index contributed by atoms with van der Waals surface area (Å²) in [6.07, 6.45) is 8.41. The zero-order valence-corrected chi connectivity index (χ0v) is 18.6. The first-order valence-corrected chi connectivity index (χ1v) is 11.7. The maximum Gasteiger partial charge on any atom is 0.259 e. The van der Waals surface area contributed by atoms with E-state index in [1.54, 1.807) is 0 Å². The summed E-state index contributed by atoms with van der Waals surface area (Å²) in [5, 5.41) is 5.17. The van der Waals surface area contributed by atoms with Crippen molar-refractivity contribution in [1.82, 2.24) is 19.9 Å². The summed E-state index contributed by atoms with van der Waals surface area (Å²) in [7, 11) is 0. The molecule has 6 heteroatoms. The van der Waals surface area contributed by atoms with Gasteiger partial charge in [0.15, 0.2) is 0 Å². The second-order valence-corrected chi connectivity index (χ2v) is 10.7. The smallest absolute Gasteiger partial charge is 0.259 e. The Morgan fingerprint density at radius 2 is 1.80 bits per heavy atom. The van der Waals surface area contributed by atoms with Gasteiger partial charge in [0.1, 0.15) is 0 Å². The molecule has 0 atom stereocenters. The van der Waals surface area contributed by atoms with Crippen LogP contribution in [0.5, 0.6) is 0 Å². The summed E-state index contributed by atoms with van der Waals surface area (Å²) in [6, 6.07) is 2.77. The number of aromatic nitrogens is 2. The van der Waals surface area contributed by atoms with E-state index in [4.69, 9.17) is 9.51 Å². The number of carbonyl (C=O) groups is 1. The molecular weight excluding hydrogens is 376 g/mol. The highest BCUT2D eigenvalue weighted by Gasteiger charge is 2.33. The summed E-state index contributed by atoms with van der Waals surface area (Å²) in [4.78, 5) is 23.0. The van der Waals surface area contributed by atoms with Gasteiger partial charge in [-0.05, 0) is 43.6 Å². The van der Waals surface area contributed by atoms with Crippen LogP contribution in [0.1, 0.15) is 87.0 Å². The van der Waals surface area contributed by atoms with Gasteiger partial charge in [-0.3, -0.25) is 9.69 Å². The number of pyridine rings is 1. The Morgan fingerprint density at radius 1 is 1.10 bits per heavy atom. The van der Waals surface area contributed by atoms with Crippen LogP contribution in [-0.2, 0) is 6.42 Å². The molecule has 2 saturated carbocycles. The molecule has 3 heterocycles. The van der Waals surface area contributed by atoms with Crippen LogP contribution in [0, 0.1) is 5.41 Å². The molecule has 5 rings (SSSR count). The number of hydrogen-bond donors (Lipinski definition) is 0. The predicted octanol–water partition coefficient (Wildman–Crippen LogP) is 4.39. The van der Waals surface area contributed by atoms with Crippen molar-refractivity contribution in [2.75, 3.05) is 26.2 Å². The lowest BCUT2D eigenvalue weighted by atomic mass is 9.89. The van der Waals surface area contributed by atoms with E-state index in [1.807, 2.05) is 11.0 Å². The lowest BCUT2D eigenvalue weighted by molar-refractivity contribution is 0.0575. The van der Waals surface area contributed by atoms with E-state index in [2.05, 4.69) is 30.8 Å². The van der Waals surface area contributed by atoms with Crippen LogP contribution in [-0.4, -0.2) is 58.1 Å². The second-order valence-electron chi connectivity index (χ2n) is 10.7. The van der Waals surface area contributed by atoms with Crippen molar-refractivity contribution in [1.29, 1.82) is 0 Å². The van der Waals surface area contributed by atoms with Gasteiger partial charge >= 0.3 is 0 Å². The minimum atomic E-state index is 0.0617. The summed E-state index contributed by atoms with van der Waals surface area (Å²) >= 11 is 0. The van der Waals surface area contributed by atoms with Crippen LogP contribution in [0.3, 0.4) is 0 Å². The molecular formula is C24H34N4O2. The first-order chi connectivity index (χ1) is 14.4. The summed E-state index contributed by atoms with van der Waals surface area (Å²) in [5.74, 6) is 0.588. The van der Waals surface area contributed by atoms with Gasteiger partial charge in [0.05, 0.1) is 16.6 Å². The molecule has 0 bridgehead atoms. The Hall–Kier alpha value is -1.95. The molecule has 3 aliphatic rings. The second kappa shape index (κ2) is 7.63. The lowest BCUT2D eigenvalue weighted by Gasteiger charge is -2.38. The molecule has 2 aromatic heterocycles. The number of piperazine rings is 1. The van der Waals surface area contributed by atoms with Crippen molar-refractivity contribution in [3.63, 3.8) is 0 Å². The van der Waals surface area contributed by atoms with E-state index in [0.717, 1.165) is 73.8 Å². The average molecular weight is 411 g/mol. The van der Waals surface area contributed by atoms with Crippen LogP contribution in [0.25, 0.3) is 11.1 Å². The molecule has 0 radical (unpaired) electrons. The van der Waals surface area contributed by atoms with Gasteiger partial charge in [0, 0.05) is 43.8 Å². The van der Waals surface area contributed by atoms with Crippen LogP contribution < -0.4 is 0 Å². The largest absolute Gasteiger partial charge is 0.336 e. The van der Waals surface area contributed by atoms with Crippen molar-refractivity contribution in [2.24, 2.45) is 5.41 Å². The molecule has 6 nitrogen and oxygen atoms in total. The molecule has 3 fully saturated rings. The van der Waals surface area contributed by atoms with Gasteiger partial charge in [0.25, 0.3) is 11.6 Å². The van der Waals surface area contributed by atoms with Gasteiger partial charge in [-0.1, -0.05) is 38.8 Å². The Balaban J connectivity index is 1.43. The molecule has 2 aliphatic carbocycles. The number of nitrogens with zero attached hydrogens (tertiary/aromatic N) is 4. The third kappa shape index (κ3) is 3.98. The molecule has 0 unspecified atom stereocenters. The molecule has 0 spiro atoms. The Bertz CT molecular complexity index is 927.